The molecular weight excluding hydrogens is 160 g/mol. The number of halogens is 2. The molecule has 3 fully saturated rings. The molecule has 3 aliphatic rings. The standard InChI is InChI=1S/C9H11F2N/c1-2-9-3-7(4-9)5-12(9)6-8(10)11/h1,7-8H,3-6H2. The Hall–Kier alpha value is -0.620. The summed E-state index contributed by atoms with van der Waals surface area (Å²) in [5.41, 5.74) is -0.291. The van der Waals surface area contributed by atoms with Crippen LogP contribution in [0.5, 0.6) is 0 Å². The first-order valence-corrected chi connectivity index (χ1v) is 4.17. The van der Waals surface area contributed by atoms with Crippen molar-refractivity contribution in [2.24, 2.45) is 5.92 Å². The topological polar surface area (TPSA) is 3.24 Å². The van der Waals surface area contributed by atoms with E-state index in [9.17, 15) is 8.78 Å². The first-order valence-electron chi connectivity index (χ1n) is 4.17. The van der Waals surface area contributed by atoms with Gasteiger partial charge < -0.3 is 0 Å². The molecule has 0 amide bonds. The average Bonchev–Trinajstić information content (AvgIpc) is 2.38. The van der Waals surface area contributed by atoms with Gasteiger partial charge in [-0.15, -0.1) is 6.42 Å². The molecule has 0 spiro atoms. The molecule has 0 aromatic rings. The molecule has 0 atom stereocenters. The lowest BCUT2D eigenvalue weighted by Gasteiger charge is -2.37. The van der Waals surface area contributed by atoms with E-state index in [0.717, 1.165) is 19.4 Å². The van der Waals surface area contributed by atoms with Crippen molar-refractivity contribution in [3.63, 3.8) is 0 Å². The summed E-state index contributed by atoms with van der Waals surface area (Å²) in [5.74, 6) is 3.24. The predicted octanol–water partition coefficient (Wildman–Crippen LogP) is 1.35. The molecule has 12 heavy (non-hydrogen) atoms. The van der Waals surface area contributed by atoms with Crippen molar-refractivity contribution in [3.8, 4) is 12.3 Å². The van der Waals surface area contributed by atoms with E-state index in [4.69, 9.17) is 6.42 Å². The molecule has 2 aliphatic heterocycles. The van der Waals surface area contributed by atoms with E-state index in [1.807, 2.05) is 0 Å². The monoisotopic (exact) mass is 171 g/mol. The maximum atomic E-state index is 12.1. The third-order valence-electron chi connectivity index (χ3n) is 2.96. The number of nitrogens with zero attached hydrogens (tertiary/aromatic N) is 1. The number of hydrogen-bond acceptors (Lipinski definition) is 1. The Kier molecular flexibility index (Phi) is 1.62. The summed E-state index contributed by atoms with van der Waals surface area (Å²) >= 11 is 0. The first-order chi connectivity index (χ1) is 5.66. The summed E-state index contributed by atoms with van der Waals surface area (Å²) in [6, 6.07) is 0. The van der Waals surface area contributed by atoms with Gasteiger partial charge in [-0.3, -0.25) is 4.90 Å². The molecular formula is C9H11F2N. The zero-order valence-corrected chi connectivity index (χ0v) is 6.76. The van der Waals surface area contributed by atoms with Crippen LogP contribution in [0.15, 0.2) is 0 Å². The second-order valence-electron chi connectivity index (χ2n) is 3.75. The quantitative estimate of drug-likeness (QED) is 0.567. The third kappa shape index (κ3) is 0.947. The fourth-order valence-corrected chi connectivity index (χ4v) is 2.39. The van der Waals surface area contributed by atoms with Crippen molar-refractivity contribution in [2.45, 2.75) is 24.8 Å². The van der Waals surface area contributed by atoms with Gasteiger partial charge in [0.15, 0.2) is 0 Å². The summed E-state index contributed by atoms with van der Waals surface area (Å²) in [6.07, 6.45) is 4.93. The number of rotatable bonds is 2. The summed E-state index contributed by atoms with van der Waals surface area (Å²) in [6.45, 7) is 0.620. The highest BCUT2D eigenvalue weighted by Gasteiger charge is 2.55. The van der Waals surface area contributed by atoms with Crippen LogP contribution in [-0.4, -0.2) is 30.0 Å². The Morgan fingerprint density at radius 2 is 2.25 bits per heavy atom. The van der Waals surface area contributed by atoms with Crippen LogP contribution < -0.4 is 0 Å². The van der Waals surface area contributed by atoms with E-state index in [2.05, 4.69) is 5.92 Å². The second-order valence-corrected chi connectivity index (χ2v) is 3.75. The van der Waals surface area contributed by atoms with Crippen LogP contribution in [-0.2, 0) is 0 Å². The van der Waals surface area contributed by atoms with Crippen molar-refractivity contribution in [1.29, 1.82) is 0 Å². The second kappa shape index (κ2) is 2.43. The van der Waals surface area contributed by atoms with Crippen molar-refractivity contribution in [2.75, 3.05) is 13.1 Å². The van der Waals surface area contributed by atoms with Gasteiger partial charge in [-0.05, 0) is 18.8 Å². The van der Waals surface area contributed by atoms with E-state index in [-0.39, 0.29) is 12.1 Å². The van der Waals surface area contributed by atoms with Crippen molar-refractivity contribution < 1.29 is 8.78 Å². The fourth-order valence-electron chi connectivity index (χ4n) is 2.39. The van der Waals surface area contributed by atoms with Crippen molar-refractivity contribution >= 4 is 0 Å². The summed E-state index contributed by atoms with van der Waals surface area (Å²) in [7, 11) is 0. The smallest absolute Gasteiger partial charge is 0.251 e. The zero-order valence-electron chi connectivity index (χ0n) is 6.76. The summed E-state index contributed by atoms with van der Waals surface area (Å²) in [5, 5.41) is 0. The maximum absolute atomic E-state index is 12.1. The van der Waals surface area contributed by atoms with Crippen molar-refractivity contribution in [3.05, 3.63) is 0 Å². The van der Waals surface area contributed by atoms with E-state index in [0.29, 0.717) is 5.92 Å². The normalized spacial score (nSPS) is 39.7. The van der Waals surface area contributed by atoms with Gasteiger partial charge in [0.2, 0.25) is 0 Å². The van der Waals surface area contributed by atoms with Crippen LogP contribution in [0.4, 0.5) is 8.78 Å². The van der Waals surface area contributed by atoms with Crippen molar-refractivity contribution in [1.82, 2.24) is 4.90 Å². The van der Waals surface area contributed by atoms with Crippen LogP contribution in [0.1, 0.15) is 12.8 Å². The molecule has 1 saturated carbocycles. The third-order valence-corrected chi connectivity index (χ3v) is 2.96. The molecule has 0 aromatic heterocycles. The minimum Gasteiger partial charge on any atom is -0.281 e. The molecule has 1 nitrogen and oxygen atoms in total. The van der Waals surface area contributed by atoms with Crippen LogP contribution in [0, 0.1) is 18.3 Å². The molecule has 0 radical (unpaired) electrons. The highest BCUT2D eigenvalue weighted by Crippen LogP contribution is 2.49. The Bertz CT molecular complexity index is 225. The maximum Gasteiger partial charge on any atom is 0.251 e. The van der Waals surface area contributed by atoms with Crippen LogP contribution in [0.3, 0.4) is 0 Å². The lowest BCUT2D eigenvalue weighted by atomic mass is 9.74. The van der Waals surface area contributed by atoms with Gasteiger partial charge in [0.05, 0.1) is 12.1 Å². The molecule has 2 saturated heterocycles. The van der Waals surface area contributed by atoms with Gasteiger partial charge >= 0.3 is 0 Å². The Labute approximate surface area is 70.7 Å². The number of alkyl halides is 2. The van der Waals surface area contributed by atoms with E-state index in [1.54, 1.807) is 4.90 Å². The van der Waals surface area contributed by atoms with Crippen LogP contribution in [0.2, 0.25) is 0 Å². The van der Waals surface area contributed by atoms with Gasteiger partial charge in [0, 0.05) is 6.54 Å². The van der Waals surface area contributed by atoms with E-state index >= 15 is 0 Å². The molecule has 0 unspecified atom stereocenters. The average molecular weight is 171 g/mol. The molecule has 2 heterocycles. The molecule has 2 bridgehead atoms. The zero-order chi connectivity index (χ0) is 8.77. The highest BCUT2D eigenvalue weighted by molar-refractivity contribution is 5.25. The van der Waals surface area contributed by atoms with Gasteiger partial charge in [0.25, 0.3) is 6.43 Å². The SMILES string of the molecule is C#CC12CC(CN1CC(F)F)C2. The molecule has 0 N–H and O–H groups in total. The Morgan fingerprint density at radius 3 is 2.75 bits per heavy atom. The van der Waals surface area contributed by atoms with E-state index < -0.39 is 6.43 Å². The number of terminal acetylenes is 1. The summed E-state index contributed by atoms with van der Waals surface area (Å²) in [4.78, 5) is 1.77. The number of fused-ring (bicyclic) bond motifs is 1. The molecule has 66 valence electrons. The predicted molar refractivity (Wildman–Crippen MR) is 41.9 cm³/mol. The largest absolute Gasteiger partial charge is 0.281 e. The Balaban J connectivity index is 2.04. The van der Waals surface area contributed by atoms with Gasteiger partial charge in [0.1, 0.15) is 0 Å². The van der Waals surface area contributed by atoms with E-state index in [1.165, 1.54) is 0 Å². The van der Waals surface area contributed by atoms with Gasteiger partial charge in [-0.2, -0.15) is 0 Å². The number of hydrogen-bond donors (Lipinski definition) is 0. The van der Waals surface area contributed by atoms with Gasteiger partial charge in [-0.1, -0.05) is 5.92 Å². The molecule has 3 rings (SSSR count). The fraction of sp³-hybridized carbons (Fsp3) is 0.778. The molecule has 0 aromatic carbocycles. The minimum absolute atomic E-state index is 0.152. The minimum atomic E-state index is -2.26. The summed E-state index contributed by atoms with van der Waals surface area (Å²) < 4.78 is 24.1. The lowest BCUT2D eigenvalue weighted by Crippen LogP contribution is -2.45. The molecule has 1 aliphatic carbocycles. The van der Waals surface area contributed by atoms with Gasteiger partial charge in [-0.25, -0.2) is 8.78 Å². The first kappa shape index (κ1) is 8.00. The van der Waals surface area contributed by atoms with Crippen LogP contribution >= 0.6 is 0 Å². The van der Waals surface area contributed by atoms with Crippen LogP contribution in [0.25, 0.3) is 0 Å². The highest BCUT2D eigenvalue weighted by atomic mass is 19.3. The lowest BCUT2D eigenvalue weighted by molar-refractivity contribution is 0.0660. The Morgan fingerprint density at radius 1 is 1.58 bits per heavy atom. The molecule has 3 heteroatoms.